The van der Waals surface area contributed by atoms with E-state index >= 15 is 0 Å². The number of hydrogen-bond donors (Lipinski definition) is 1. The summed E-state index contributed by atoms with van der Waals surface area (Å²) in [5.74, 6) is -0.128. The molecule has 0 saturated heterocycles. The van der Waals surface area contributed by atoms with Crippen LogP contribution in [0.15, 0.2) is 23.2 Å². The summed E-state index contributed by atoms with van der Waals surface area (Å²) in [5.41, 5.74) is 0.355. The van der Waals surface area contributed by atoms with Crippen LogP contribution in [0.25, 0.3) is 0 Å². The molecule has 0 aliphatic carbocycles. The van der Waals surface area contributed by atoms with Crippen molar-refractivity contribution in [2.45, 2.75) is 6.92 Å². The quantitative estimate of drug-likeness (QED) is 0.452. The Bertz CT molecular complexity index is 374. The molecule has 1 aromatic rings. The number of aromatic hydroxyl groups is 1. The van der Waals surface area contributed by atoms with Crippen molar-refractivity contribution in [2.24, 2.45) is 4.99 Å². The molecule has 1 rings (SSSR count). The van der Waals surface area contributed by atoms with Crippen LogP contribution in [0.3, 0.4) is 0 Å². The lowest BCUT2D eigenvalue weighted by molar-refractivity contribution is -0.384. The van der Waals surface area contributed by atoms with E-state index in [4.69, 9.17) is 0 Å². The van der Waals surface area contributed by atoms with E-state index in [1.54, 1.807) is 0 Å². The van der Waals surface area contributed by atoms with Gasteiger partial charge in [0.2, 0.25) is 0 Å². The van der Waals surface area contributed by atoms with E-state index in [2.05, 4.69) is 4.99 Å². The molecule has 0 spiro atoms. The Hall–Kier alpha value is -1.91. The molecule has 0 saturated carbocycles. The van der Waals surface area contributed by atoms with Gasteiger partial charge in [-0.1, -0.05) is 0 Å². The van der Waals surface area contributed by atoms with Gasteiger partial charge in [0.15, 0.2) is 0 Å². The van der Waals surface area contributed by atoms with E-state index in [9.17, 15) is 15.2 Å². The molecule has 0 aromatic heterocycles. The third-order valence-corrected chi connectivity index (χ3v) is 1.64. The number of phenolic OH excluding ortho intramolecular Hbond substituents is 1. The molecule has 5 nitrogen and oxygen atoms in total. The van der Waals surface area contributed by atoms with Gasteiger partial charge in [-0.2, -0.15) is 0 Å². The molecule has 5 heteroatoms. The van der Waals surface area contributed by atoms with Crippen molar-refractivity contribution in [3.05, 3.63) is 33.9 Å². The van der Waals surface area contributed by atoms with Crippen LogP contribution in [0.4, 0.5) is 5.69 Å². The van der Waals surface area contributed by atoms with E-state index in [0.29, 0.717) is 12.1 Å². The standard InChI is InChI=1S/C9H10N2O3/c1-2-10-6-7-3-4-8(11(13)14)5-9(7)12/h3-6,12H,2H2,1H3. The summed E-state index contributed by atoms with van der Waals surface area (Å²) in [4.78, 5) is 13.7. The largest absolute Gasteiger partial charge is 0.507 e. The van der Waals surface area contributed by atoms with Crippen molar-refractivity contribution >= 4 is 11.9 Å². The molecule has 0 fully saturated rings. The average molecular weight is 194 g/mol. The molecule has 0 aliphatic rings. The van der Waals surface area contributed by atoms with Gasteiger partial charge in [-0.25, -0.2) is 0 Å². The molecule has 1 N–H and O–H groups in total. The first-order valence-corrected chi connectivity index (χ1v) is 4.12. The highest BCUT2D eigenvalue weighted by Gasteiger charge is 2.08. The van der Waals surface area contributed by atoms with Gasteiger partial charge in [-0.05, 0) is 13.0 Å². The fraction of sp³-hybridized carbons (Fsp3) is 0.222. The van der Waals surface area contributed by atoms with Crippen molar-refractivity contribution in [3.8, 4) is 5.75 Å². The Labute approximate surface area is 80.9 Å². The van der Waals surface area contributed by atoms with Crippen LogP contribution >= 0.6 is 0 Å². The molecular weight excluding hydrogens is 184 g/mol. The predicted octanol–water partition coefficient (Wildman–Crippen LogP) is 1.74. The van der Waals surface area contributed by atoms with Crippen LogP contribution < -0.4 is 0 Å². The minimum Gasteiger partial charge on any atom is -0.507 e. The third kappa shape index (κ3) is 2.29. The number of aliphatic imine (C=N–C) groups is 1. The Morgan fingerprint density at radius 2 is 2.36 bits per heavy atom. The molecular formula is C9H10N2O3. The monoisotopic (exact) mass is 194 g/mol. The number of nitrogens with zero attached hydrogens (tertiary/aromatic N) is 2. The van der Waals surface area contributed by atoms with Gasteiger partial charge >= 0.3 is 0 Å². The summed E-state index contributed by atoms with van der Waals surface area (Å²) >= 11 is 0. The van der Waals surface area contributed by atoms with Gasteiger partial charge in [0.25, 0.3) is 5.69 Å². The minimum absolute atomic E-state index is 0.128. The molecule has 0 radical (unpaired) electrons. The lowest BCUT2D eigenvalue weighted by Gasteiger charge is -1.97. The summed E-state index contributed by atoms with van der Waals surface area (Å²) in [6, 6.07) is 3.90. The first-order valence-electron chi connectivity index (χ1n) is 4.12. The topological polar surface area (TPSA) is 75.7 Å². The maximum atomic E-state index is 10.3. The van der Waals surface area contributed by atoms with Crippen LogP contribution in [-0.2, 0) is 0 Å². The summed E-state index contributed by atoms with van der Waals surface area (Å²) in [7, 11) is 0. The van der Waals surface area contributed by atoms with E-state index < -0.39 is 4.92 Å². The van der Waals surface area contributed by atoms with Crippen LogP contribution in [0.2, 0.25) is 0 Å². The maximum Gasteiger partial charge on any atom is 0.273 e. The first kappa shape index (κ1) is 10.2. The lowest BCUT2D eigenvalue weighted by atomic mass is 10.2. The number of phenols is 1. The third-order valence-electron chi connectivity index (χ3n) is 1.64. The van der Waals surface area contributed by atoms with Crippen LogP contribution in [0.5, 0.6) is 5.75 Å². The van der Waals surface area contributed by atoms with Gasteiger partial charge in [0.05, 0.1) is 11.0 Å². The highest BCUT2D eigenvalue weighted by atomic mass is 16.6. The maximum absolute atomic E-state index is 10.3. The zero-order valence-corrected chi connectivity index (χ0v) is 7.67. The van der Waals surface area contributed by atoms with Crippen molar-refractivity contribution in [3.63, 3.8) is 0 Å². The molecule has 74 valence electrons. The Kier molecular flexibility index (Phi) is 3.17. The number of non-ortho nitro benzene ring substituents is 1. The second-order valence-electron chi connectivity index (χ2n) is 2.63. The van der Waals surface area contributed by atoms with Gasteiger partial charge < -0.3 is 5.11 Å². The number of hydrogen-bond acceptors (Lipinski definition) is 4. The van der Waals surface area contributed by atoms with E-state index in [-0.39, 0.29) is 11.4 Å². The summed E-state index contributed by atoms with van der Waals surface area (Å²) < 4.78 is 0. The van der Waals surface area contributed by atoms with E-state index in [1.165, 1.54) is 18.3 Å². The molecule has 0 unspecified atom stereocenters. The van der Waals surface area contributed by atoms with Crippen LogP contribution in [0.1, 0.15) is 12.5 Å². The van der Waals surface area contributed by atoms with Crippen LogP contribution in [-0.4, -0.2) is 22.8 Å². The van der Waals surface area contributed by atoms with Crippen molar-refractivity contribution in [1.82, 2.24) is 0 Å². The smallest absolute Gasteiger partial charge is 0.273 e. The highest BCUT2D eigenvalue weighted by molar-refractivity contribution is 5.83. The molecule has 0 heterocycles. The van der Waals surface area contributed by atoms with Gasteiger partial charge in [-0.15, -0.1) is 0 Å². The average Bonchev–Trinajstić information content (AvgIpc) is 2.15. The number of nitro benzene ring substituents is 1. The summed E-state index contributed by atoms with van der Waals surface area (Å²) in [5, 5.41) is 19.7. The predicted molar refractivity (Wildman–Crippen MR) is 52.9 cm³/mol. The van der Waals surface area contributed by atoms with Crippen LogP contribution in [0, 0.1) is 10.1 Å². The molecule has 14 heavy (non-hydrogen) atoms. The Balaban J connectivity index is 3.01. The molecule has 1 aromatic carbocycles. The van der Waals surface area contributed by atoms with E-state index in [1.807, 2.05) is 6.92 Å². The SMILES string of the molecule is CCN=Cc1ccc([N+](=O)[O-])cc1O. The number of benzene rings is 1. The normalized spacial score (nSPS) is 10.6. The summed E-state index contributed by atoms with van der Waals surface area (Å²) in [6.45, 7) is 2.47. The molecule has 0 amide bonds. The lowest BCUT2D eigenvalue weighted by Crippen LogP contribution is -1.89. The van der Waals surface area contributed by atoms with Crippen molar-refractivity contribution in [1.29, 1.82) is 0 Å². The summed E-state index contributed by atoms with van der Waals surface area (Å²) in [6.07, 6.45) is 1.49. The molecule has 0 atom stereocenters. The first-order chi connectivity index (χ1) is 6.65. The van der Waals surface area contributed by atoms with Gasteiger partial charge in [-0.3, -0.25) is 15.1 Å². The van der Waals surface area contributed by atoms with Crippen molar-refractivity contribution < 1.29 is 10.0 Å². The highest BCUT2D eigenvalue weighted by Crippen LogP contribution is 2.21. The number of rotatable bonds is 3. The fourth-order valence-corrected chi connectivity index (χ4v) is 0.944. The fourth-order valence-electron chi connectivity index (χ4n) is 0.944. The minimum atomic E-state index is -0.555. The van der Waals surface area contributed by atoms with E-state index in [0.717, 1.165) is 6.07 Å². The molecule has 0 aliphatic heterocycles. The Morgan fingerprint density at radius 3 is 2.86 bits per heavy atom. The Morgan fingerprint density at radius 1 is 1.64 bits per heavy atom. The van der Waals surface area contributed by atoms with Gasteiger partial charge in [0, 0.05) is 24.4 Å². The zero-order valence-electron chi connectivity index (χ0n) is 7.67. The second kappa shape index (κ2) is 4.36. The van der Waals surface area contributed by atoms with Gasteiger partial charge in [0.1, 0.15) is 5.75 Å². The second-order valence-corrected chi connectivity index (χ2v) is 2.63. The zero-order chi connectivity index (χ0) is 10.6. The molecule has 0 bridgehead atoms. The van der Waals surface area contributed by atoms with Crippen molar-refractivity contribution in [2.75, 3.05) is 6.54 Å². The number of nitro groups is 1.